The molecule has 0 saturated heterocycles. The minimum atomic E-state index is 0.614. The van der Waals surface area contributed by atoms with Crippen molar-refractivity contribution in [2.75, 3.05) is 11.1 Å². The molecule has 0 bridgehead atoms. The molecule has 0 atom stereocenters. The smallest absolute Gasteiger partial charge is 0.184 e. The molecule has 3 rings (SSSR count). The molecule has 0 aliphatic rings. The molecule has 2 heterocycles. The molecular weight excluding hydrogens is 260 g/mol. The summed E-state index contributed by atoms with van der Waals surface area (Å²) >= 11 is 1.59. The van der Waals surface area contributed by atoms with Crippen molar-refractivity contribution < 1.29 is 0 Å². The van der Waals surface area contributed by atoms with Crippen LogP contribution in [-0.2, 0) is 13.1 Å². The standard InChI is InChI=1S/C12H14N6S/c1-2-18-7-15-17-11(18)6-14-12-16-9-4-3-8(13)5-10(9)19-12/h3-5,7H,2,6,13H2,1H3,(H,14,16). The Bertz CT molecular complexity index is 701. The predicted molar refractivity (Wildman–Crippen MR) is 77.1 cm³/mol. The van der Waals surface area contributed by atoms with Crippen LogP contribution in [0.1, 0.15) is 12.7 Å². The third-order valence-corrected chi connectivity index (χ3v) is 3.82. The molecule has 0 radical (unpaired) electrons. The highest BCUT2D eigenvalue weighted by molar-refractivity contribution is 7.22. The molecular formula is C12H14N6S. The Kier molecular flexibility index (Phi) is 3.04. The Morgan fingerprint density at radius 1 is 1.42 bits per heavy atom. The van der Waals surface area contributed by atoms with Crippen LogP contribution in [0.2, 0.25) is 0 Å². The maximum Gasteiger partial charge on any atom is 0.184 e. The molecule has 6 nitrogen and oxygen atoms in total. The molecule has 7 heteroatoms. The number of benzene rings is 1. The molecule has 0 amide bonds. The largest absolute Gasteiger partial charge is 0.399 e. The monoisotopic (exact) mass is 274 g/mol. The number of aromatic nitrogens is 4. The quantitative estimate of drug-likeness (QED) is 0.712. The fraction of sp³-hybridized carbons (Fsp3) is 0.250. The number of nitrogen functional groups attached to an aromatic ring is 1. The highest BCUT2D eigenvalue weighted by atomic mass is 32.1. The zero-order chi connectivity index (χ0) is 13.2. The van der Waals surface area contributed by atoms with Gasteiger partial charge in [-0.2, -0.15) is 0 Å². The van der Waals surface area contributed by atoms with Gasteiger partial charge in [-0.3, -0.25) is 0 Å². The van der Waals surface area contributed by atoms with E-state index in [2.05, 4.69) is 27.4 Å². The van der Waals surface area contributed by atoms with Crippen molar-refractivity contribution in [3.05, 3.63) is 30.4 Å². The van der Waals surface area contributed by atoms with Crippen molar-refractivity contribution in [3.63, 3.8) is 0 Å². The molecule has 0 aliphatic heterocycles. The summed E-state index contributed by atoms with van der Waals surface area (Å²) in [7, 11) is 0. The van der Waals surface area contributed by atoms with Gasteiger partial charge in [-0.1, -0.05) is 11.3 Å². The molecule has 3 aromatic rings. The predicted octanol–water partition coefficient (Wildman–Crippen LogP) is 2.10. The zero-order valence-corrected chi connectivity index (χ0v) is 11.3. The van der Waals surface area contributed by atoms with Crippen LogP contribution < -0.4 is 11.1 Å². The van der Waals surface area contributed by atoms with Gasteiger partial charge in [0.1, 0.15) is 6.33 Å². The van der Waals surface area contributed by atoms with Gasteiger partial charge in [0.05, 0.1) is 16.8 Å². The van der Waals surface area contributed by atoms with Gasteiger partial charge in [0.15, 0.2) is 11.0 Å². The number of nitrogens with two attached hydrogens (primary N) is 1. The second-order valence-corrected chi connectivity index (χ2v) is 5.16. The molecule has 3 N–H and O–H groups in total. The van der Waals surface area contributed by atoms with Gasteiger partial charge < -0.3 is 15.6 Å². The number of hydrogen-bond acceptors (Lipinski definition) is 6. The van der Waals surface area contributed by atoms with Crippen LogP contribution in [0.15, 0.2) is 24.5 Å². The van der Waals surface area contributed by atoms with Crippen LogP contribution in [0.25, 0.3) is 10.2 Å². The van der Waals surface area contributed by atoms with Crippen LogP contribution >= 0.6 is 11.3 Å². The number of hydrogen-bond donors (Lipinski definition) is 2. The second kappa shape index (κ2) is 4.85. The van der Waals surface area contributed by atoms with Gasteiger partial charge in [0, 0.05) is 12.2 Å². The van der Waals surface area contributed by atoms with Crippen LogP contribution in [0.3, 0.4) is 0 Å². The van der Waals surface area contributed by atoms with E-state index in [4.69, 9.17) is 5.73 Å². The minimum absolute atomic E-state index is 0.614. The summed E-state index contributed by atoms with van der Waals surface area (Å²) in [5.41, 5.74) is 7.47. The van der Waals surface area contributed by atoms with Gasteiger partial charge in [-0.25, -0.2) is 4.98 Å². The van der Waals surface area contributed by atoms with Crippen molar-refractivity contribution in [3.8, 4) is 0 Å². The van der Waals surface area contributed by atoms with Crippen molar-refractivity contribution in [2.45, 2.75) is 20.0 Å². The summed E-state index contributed by atoms with van der Waals surface area (Å²) in [6.45, 7) is 3.54. The van der Waals surface area contributed by atoms with Crippen LogP contribution in [0.5, 0.6) is 0 Å². The lowest BCUT2D eigenvalue weighted by Crippen LogP contribution is -2.07. The highest BCUT2D eigenvalue weighted by Crippen LogP contribution is 2.27. The molecule has 1 aromatic carbocycles. The third kappa shape index (κ3) is 2.37. The van der Waals surface area contributed by atoms with Crippen LogP contribution in [0.4, 0.5) is 10.8 Å². The van der Waals surface area contributed by atoms with Gasteiger partial charge in [0.25, 0.3) is 0 Å². The second-order valence-electron chi connectivity index (χ2n) is 4.13. The average molecular weight is 274 g/mol. The summed E-state index contributed by atoms with van der Waals surface area (Å²) in [6.07, 6.45) is 1.73. The van der Waals surface area contributed by atoms with Crippen LogP contribution in [0, 0.1) is 0 Å². The Labute approximate surface area is 114 Å². The summed E-state index contributed by atoms with van der Waals surface area (Å²) in [6, 6.07) is 5.73. The Hall–Kier alpha value is -2.15. The molecule has 0 aliphatic carbocycles. The summed E-state index contributed by atoms with van der Waals surface area (Å²) in [5.74, 6) is 0.904. The van der Waals surface area contributed by atoms with Gasteiger partial charge in [-0.05, 0) is 25.1 Å². The summed E-state index contributed by atoms with van der Waals surface area (Å²) in [5, 5.41) is 12.1. The number of aryl methyl sites for hydroxylation is 1. The minimum Gasteiger partial charge on any atom is -0.399 e. The maximum absolute atomic E-state index is 5.76. The molecule has 2 aromatic heterocycles. The number of rotatable bonds is 4. The molecule has 0 fully saturated rings. The van der Waals surface area contributed by atoms with Gasteiger partial charge in [-0.15, -0.1) is 10.2 Å². The first kappa shape index (κ1) is 11.9. The lowest BCUT2D eigenvalue weighted by Gasteiger charge is -2.03. The number of nitrogens with zero attached hydrogens (tertiary/aromatic N) is 4. The third-order valence-electron chi connectivity index (χ3n) is 2.85. The lowest BCUT2D eigenvalue weighted by atomic mass is 10.3. The highest BCUT2D eigenvalue weighted by Gasteiger charge is 2.06. The van der Waals surface area contributed by atoms with Gasteiger partial charge in [0.2, 0.25) is 0 Å². The SMILES string of the molecule is CCn1cnnc1CNc1nc2ccc(N)cc2s1. The first-order chi connectivity index (χ1) is 9.26. The van der Waals surface area contributed by atoms with Crippen molar-refractivity contribution in [1.29, 1.82) is 0 Å². The van der Waals surface area contributed by atoms with Crippen molar-refractivity contribution in [2.24, 2.45) is 0 Å². The number of nitrogens with one attached hydrogen (secondary N) is 1. The Balaban J connectivity index is 1.78. The summed E-state index contributed by atoms with van der Waals surface area (Å²) in [4.78, 5) is 4.50. The molecule has 0 saturated carbocycles. The van der Waals surface area contributed by atoms with Gasteiger partial charge >= 0.3 is 0 Å². The van der Waals surface area contributed by atoms with E-state index in [1.54, 1.807) is 17.7 Å². The van der Waals surface area contributed by atoms with E-state index < -0.39 is 0 Å². The molecule has 0 unspecified atom stereocenters. The normalized spacial score (nSPS) is 11.0. The van der Waals surface area contributed by atoms with E-state index in [0.29, 0.717) is 6.54 Å². The van der Waals surface area contributed by atoms with E-state index in [0.717, 1.165) is 33.4 Å². The van der Waals surface area contributed by atoms with E-state index >= 15 is 0 Å². The number of anilines is 2. The number of thiazole rings is 1. The fourth-order valence-corrected chi connectivity index (χ4v) is 2.76. The van der Waals surface area contributed by atoms with Crippen molar-refractivity contribution in [1.82, 2.24) is 19.7 Å². The molecule has 0 spiro atoms. The summed E-state index contributed by atoms with van der Waals surface area (Å²) < 4.78 is 3.08. The van der Waals surface area contributed by atoms with E-state index in [1.807, 2.05) is 22.8 Å². The number of fused-ring (bicyclic) bond motifs is 1. The Morgan fingerprint density at radius 3 is 3.16 bits per heavy atom. The Morgan fingerprint density at radius 2 is 2.32 bits per heavy atom. The van der Waals surface area contributed by atoms with E-state index in [9.17, 15) is 0 Å². The zero-order valence-electron chi connectivity index (χ0n) is 10.5. The van der Waals surface area contributed by atoms with E-state index in [-0.39, 0.29) is 0 Å². The maximum atomic E-state index is 5.76. The lowest BCUT2D eigenvalue weighted by molar-refractivity contribution is 0.708. The average Bonchev–Trinajstić information content (AvgIpc) is 3.01. The first-order valence-electron chi connectivity index (χ1n) is 6.03. The molecule has 98 valence electrons. The fourth-order valence-electron chi connectivity index (χ4n) is 1.85. The topological polar surface area (TPSA) is 81.7 Å². The first-order valence-corrected chi connectivity index (χ1v) is 6.84. The van der Waals surface area contributed by atoms with Crippen LogP contribution in [-0.4, -0.2) is 19.7 Å². The van der Waals surface area contributed by atoms with Crippen molar-refractivity contribution >= 4 is 32.4 Å². The van der Waals surface area contributed by atoms with E-state index in [1.165, 1.54) is 0 Å². The molecule has 19 heavy (non-hydrogen) atoms.